The molecule has 0 aliphatic carbocycles. The molecule has 0 amide bonds. The van der Waals surface area contributed by atoms with Gasteiger partial charge in [0.15, 0.2) is 0 Å². The van der Waals surface area contributed by atoms with E-state index in [4.69, 9.17) is 10.5 Å². The van der Waals surface area contributed by atoms with Gasteiger partial charge in [0, 0.05) is 45.2 Å². The molecule has 0 aromatic carbocycles. The van der Waals surface area contributed by atoms with Crippen LogP contribution in [0.1, 0.15) is 12.7 Å². The average Bonchev–Trinajstić information content (AvgIpc) is 2.75. The molecule has 0 saturated carbocycles. The van der Waals surface area contributed by atoms with E-state index in [0.717, 1.165) is 38.6 Å². The zero-order valence-electron chi connectivity index (χ0n) is 9.80. The number of hydrogen-bond donors (Lipinski definition) is 1. The maximum absolute atomic E-state index is 5.68. The number of rotatable bonds is 5. The molecule has 1 aromatic rings. The minimum Gasteiger partial charge on any atom is -0.376 e. The molecule has 2 heterocycles. The minimum absolute atomic E-state index is 0.145. The van der Waals surface area contributed by atoms with Gasteiger partial charge in [0.05, 0.1) is 12.6 Å². The number of nitrogens with two attached hydrogens (primary N) is 1. The third-order valence-electron chi connectivity index (χ3n) is 2.95. The molecule has 90 valence electrons. The van der Waals surface area contributed by atoms with Crippen LogP contribution in [0.3, 0.4) is 0 Å². The molecule has 0 spiro atoms. The Balaban J connectivity index is 1.88. The highest BCUT2D eigenvalue weighted by atomic mass is 16.5. The van der Waals surface area contributed by atoms with E-state index in [-0.39, 0.29) is 6.10 Å². The van der Waals surface area contributed by atoms with Crippen LogP contribution in [0.25, 0.3) is 0 Å². The molecule has 5 heteroatoms. The number of fused-ring (bicyclic) bond motifs is 1. The van der Waals surface area contributed by atoms with E-state index < -0.39 is 0 Å². The summed E-state index contributed by atoms with van der Waals surface area (Å²) in [6, 6.07) is 0. The number of hydrogen-bond acceptors (Lipinski definition) is 4. The van der Waals surface area contributed by atoms with Crippen molar-refractivity contribution in [2.24, 2.45) is 5.73 Å². The monoisotopic (exact) mass is 224 g/mol. The van der Waals surface area contributed by atoms with Gasteiger partial charge in [-0.05, 0) is 6.92 Å². The Bertz CT molecular complexity index is 326. The lowest BCUT2D eigenvalue weighted by Gasteiger charge is -2.30. The van der Waals surface area contributed by atoms with Gasteiger partial charge in [0.2, 0.25) is 0 Å². The van der Waals surface area contributed by atoms with E-state index in [1.807, 2.05) is 19.3 Å². The van der Waals surface area contributed by atoms with Crippen LogP contribution >= 0.6 is 0 Å². The van der Waals surface area contributed by atoms with E-state index in [0.29, 0.717) is 6.54 Å². The summed E-state index contributed by atoms with van der Waals surface area (Å²) < 4.78 is 7.77. The molecule has 16 heavy (non-hydrogen) atoms. The highest BCUT2D eigenvalue weighted by molar-refractivity contribution is 4.95. The molecular formula is C11H20N4O. The van der Waals surface area contributed by atoms with Gasteiger partial charge in [0.1, 0.15) is 5.82 Å². The fourth-order valence-corrected chi connectivity index (χ4v) is 2.10. The second-order valence-electron chi connectivity index (χ2n) is 4.09. The fraction of sp³-hybridized carbons (Fsp3) is 0.727. The lowest BCUT2D eigenvalue weighted by molar-refractivity contribution is 0.0320. The van der Waals surface area contributed by atoms with Crippen molar-refractivity contribution in [3.63, 3.8) is 0 Å². The first-order valence-electron chi connectivity index (χ1n) is 5.87. The van der Waals surface area contributed by atoms with Crippen molar-refractivity contribution >= 4 is 0 Å². The van der Waals surface area contributed by atoms with Gasteiger partial charge in [0.25, 0.3) is 0 Å². The molecule has 2 N–H and O–H groups in total. The molecule has 5 nitrogen and oxygen atoms in total. The van der Waals surface area contributed by atoms with Crippen LogP contribution in [-0.2, 0) is 17.8 Å². The van der Waals surface area contributed by atoms with Gasteiger partial charge < -0.3 is 15.0 Å². The van der Waals surface area contributed by atoms with Gasteiger partial charge in [-0.1, -0.05) is 0 Å². The topological polar surface area (TPSA) is 56.3 Å². The molecule has 1 aromatic heterocycles. The Morgan fingerprint density at radius 1 is 1.56 bits per heavy atom. The number of nitrogens with zero attached hydrogens (tertiary/aromatic N) is 3. The summed E-state index contributed by atoms with van der Waals surface area (Å²) in [5, 5.41) is 0. The summed E-state index contributed by atoms with van der Waals surface area (Å²) in [6.45, 7) is 7.17. The maximum Gasteiger partial charge on any atom is 0.122 e. The van der Waals surface area contributed by atoms with Crippen molar-refractivity contribution in [1.82, 2.24) is 14.5 Å². The quantitative estimate of drug-likeness (QED) is 0.768. The highest BCUT2D eigenvalue weighted by Crippen LogP contribution is 2.10. The van der Waals surface area contributed by atoms with Gasteiger partial charge in [-0.2, -0.15) is 0 Å². The number of ether oxygens (including phenoxy) is 1. The number of imidazole rings is 1. The van der Waals surface area contributed by atoms with Crippen molar-refractivity contribution in [2.45, 2.75) is 26.1 Å². The first-order chi connectivity index (χ1) is 7.83. The minimum atomic E-state index is 0.145. The summed E-state index contributed by atoms with van der Waals surface area (Å²) in [6.07, 6.45) is 4.05. The average molecular weight is 224 g/mol. The highest BCUT2D eigenvalue weighted by Gasteiger charge is 2.19. The summed E-state index contributed by atoms with van der Waals surface area (Å²) in [4.78, 5) is 6.69. The molecular weight excluding hydrogens is 204 g/mol. The molecule has 0 fully saturated rings. The molecule has 0 radical (unpaired) electrons. The van der Waals surface area contributed by atoms with E-state index in [9.17, 15) is 0 Å². The Morgan fingerprint density at radius 2 is 2.44 bits per heavy atom. The summed E-state index contributed by atoms with van der Waals surface area (Å²) >= 11 is 0. The van der Waals surface area contributed by atoms with Crippen LogP contribution in [0.15, 0.2) is 12.4 Å². The zero-order chi connectivity index (χ0) is 11.4. The zero-order valence-corrected chi connectivity index (χ0v) is 9.80. The molecule has 2 rings (SSSR count). The van der Waals surface area contributed by atoms with Gasteiger partial charge in [-0.15, -0.1) is 0 Å². The molecule has 1 aliphatic heterocycles. The third kappa shape index (κ3) is 2.61. The second kappa shape index (κ2) is 5.43. The predicted octanol–water partition coefficient (Wildman–Crippen LogP) is 0.0625. The van der Waals surface area contributed by atoms with Gasteiger partial charge in [-0.25, -0.2) is 4.98 Å². The van der Waals surface area contributed by atoms with Crippen LogP contribution in [0.4, 0.5) is 0 Å². The summed E-state index contributed by atoms with van der Waals surface area (Å²) in [7, 11) is 0. The Hall–Kier alpha value is -0.910. The van der Waals surface area contributed by atoms with Crippen molar-refractivity contribution in [2.75, 3.05) is 26.2 Å². The van der Waals surface area contributed by atoms with Crippen LogP contribution in [0, 0.1) is 0 Å². The first-order valence-corrected chi connectivity index (χ1v) is 5.87. The Kier molecular flexibility index (Phi) is 3.93. The summed E-state index contributed by atoms with van der Waals surface area (Å²) in [5.41, 5.74) is 5.68. The van der Waals surface area contributed by atoms with E-state index in [2.05, 4.69) is 14.5 Å². The van der Waals surface area contributed by atoms with Gasteiger partial charge in [-0.3, -0.25) is 4.90 Å². The third-order valence-corrected chi connectivity index (χ3v) is 2.95. The fourth-order valence-electron chi connectivity index (χ4n) is 2.10. The van der Waals surface area contributed by atoms with E-state index in [1.165, 1.54) is 0 Å². The molecule has 0 saturated heterocycles. The van der Waals surface area contributed by atoms with Crippen molar-refractivity contribution < 1.29 is 4.74 Å². The standard InChI is InChI=1S/C11H20N4O/c1-2-16-10(7-12)8-14-5-6-15-4-3-13-11(15)9-14/h3-4,10H,2,5-9,12H2,1H3. The van der Waals surface area contributed by atoms with E-state index in [1.54, 1.807) is 0 Å². The first kappa shape index (κ1) is 11.6. The van der Waals surface area contributed by atoms with Crippen LogP contribution in [-0.4, -0.2) is 46.8 Å². The second-order valence-corrected chi connectivity index (χ2v) is 4.09. The SMILES string of the molecule is CCOC(CN)CN1CCn2ccnc2C1. The summed E-state index contributed by atoms with van der Waals surface area (Å²) in [5.74, 6) is 1.14. The van der Waals surface area contributed by atoms with E-state index >= 15 is 0 Å². The molecule has 1 unspecified atom stereocenters. The lowest BCUT2D eigenvalue weighted by Crippen LogP contribution is -2.42. The Labute approximate surface area is 96.2 Å². The van der Waals surface area contributed by atoms with Crippen molar-refractivity contribution in [3.05, 3.63) is 18.2 Å². The largest absolute Gasteiger partial charge is 0.376 e. The normalized spacial score (nSPS) is 18.4. The predicted molar refractivity (Wildman–Crippen MR) is 62.0 cm³/mol. The van der Waals surface area contributed by atoms with Crippen molar-refractivity contribution in [3.8, 4) is 0 Å². The van der Waals surface area contributed by atoms with Gasteiger partial charge >= 0.3 is 0 Å². The smallest absolute Gasteiger partial charge is 0.122 e. The molecule has 0 bridgehead atoms. The van der Waals surface area contributed by atoms with Crippen LogP contribution in [0.2, 0.25) is 0 Å². The molecule has 1 atom stereocenters. The van der Waals surface area contributed by atoms with Crippen LogP contribution < -0.4 is 5.73 Å². The van der Waals surface area contributed by atoms with Crippen molar-refractivity contribution in [1.29, 1.82) is 0 Å². The van der Waals surface area contributed by atoms with Crippen LogP contribution in [0.5, 0.6) is 0 Å². The lowest BCUT2D eigenvalue weighted by atomic mass is 10.3. The Morgan fingerprint density at radius 3 is 3.19 bits per heavy atom. The number of aromatic nitrogens is 2. The maximum atomic E-state index is 5.68. The molecule has 1 aliphatic rings.